The summed E-state index contributed by atoms with van der Waals surface area (Å²) in [6.07, 6.45) is -3.36. The topological polar surface area (TPSA) is 121 Å². The highest BCUT2D eigenvalue weighted by Gasteiger charge is 2.34. The van der Waals surface area contributed by atoms with Crippen molar-refractivity contribution in [2.24, 2.45) is 0 Å². The number of nitrogens with zero attached hydrogens (tertiary/aromatic N) is 2. The third-order valence-electron chi connectivity index (χ3n) is 4.02. The Bertz CT molecular complexity index is 1050. The van der Waals surface area contributed by atoms with Gasteiger partial charge in [-0.3, -0.25) is 4.79 Å². The molecule has 0 saturated heterocycles. The Labute approximate surface area is 172 Å². The molecule has 0 aliphatic rings. The molecule has 31 heavy (non-hydrogen) atoms. The maximum Gasteiger partial charge on any atom is 0.419 e. The van der Waals surface area contributed by atoms with E-state index in [0.29, 0.717) is 17.8 Å². The maximum atomic E-state index is 13.7. The molecule has 1 amide bonds. The van der Waals surface area contributed by atoms with Crippen LogP contribution in [0.5, 0.6) is 0 Å². The number of carbonyl (C=O) groups is 1. The third-order valence-corrected chi connectivity index (χ3v) is 4.02. The summed E-state index contributed by atoms with van der Waals surface area (Å²) in [4.78, 5) is 19.8. The van der Waals surface area contributed by atoms with Crippen LogP contribution in [-0.4, -0.2) is 45.3 Å². The van der Waals surface area contributed by atoms with Gasteiger partial charge in [0.2, 0.25) is 0 Å². The quantitative estimate of drug-likeness (QED) is 0.417. The molecule has 0 bridgehead atoms. The van der Waals surface area contributed by atoms with Crippen molar-refractivity contribution in [2.45, 2.75) is 12.3 Å². The van der Waals surface area contributed by atoms with Gasteiger partial charge in [-0.15, -0.1) is 0 Å². The molecule has 2 aromatic heterocycles. The Morgan fingerprint density at radius 1 is 1.16 bits per heavy atom. The minimum Gasteiger partial charge on any atom is -0.423 e. The summed E-state index contributed by atoms with van der Waals surface area (Å²) in [5.74, 6) is -1.94. The molecule has 1 atom stereocenters. The van der Waals surface area contributed by atoms with Gasteiger partial charge >= 0.3 is 6.18 Å². The van der Waals surface area contributed by atoms with Gasteiger partial charge in [0.05, 0.1) is 36.4 Å². The Balaban J connectivity index is 1.66. The van der Waals surface area contributed by atoms with Gasteiger partial charge in [-0.2, -0.15) is 13.2 Å². The summed E-state index contributed by atoms with van der Waals surface area (Å²) < 4.78 is 57.1. The average molecular weight is 440 g/mol. The molecule has 12 heteroatoms. The molecule has 0 radical (unpaired) electrons. The number of aromatic nitrogens is 2. The second-order valence-corrected chi connectivity index (χ2v) is 6.33. The average Bonchev–Trinajstić information content (AvgIpc) is 3.19. The molecule has 3 aromatic rings. The number of hydrogen-bond donors (Lipinski definition) is 4. The molecule has 0 spiro atoms. The Morgan fingerprint density at radius 3 is 2.55 bits per heavy atom. The number of amides is 1. The number of oxazole rings is 1. The van der Waals surface area contributed by atoms with E-state index < -0.39 is 36.2 Å². The van der Waals surface area contributed by atoms with E-state index in [1.165, 1.54) is 24.5 Å². The number of anilines is 2. The molecule has 0 fully saturated rings. The Hall–Kier alpha value is -3.51. The monoisotopic (exact) mass is 440 g/mol. The zero-order valence-electron chi connectivity index (χ0n) is 15.7. The Kier molecular flexibility index (Phi) is 6.51. The molecule has 0 aliphatic heterocycles. The van der Waals surface area contributed by atoms with E-state index in [2.05, 4.69) is 20.6 Å². The predicted octanol–water partition coefficient (Wildman–Crippen LogP) is 2.72. The summed E-state index contributed by atoms with van der Waals surface area (Å²) in [6.45, 7) is -0.630. The standard InChI is InChI=1S/C19H16F4N4O4/c20-14-5-10(1-3-13(14)19(21,22)23)16-8-26-18(31-16)27-11-2-4-15(24-6-11)17(30)25-7-12(29)9-28/h1-6,8,12,28-29H,7,9H2,(H,25,30)(H,26,27). The molecule has 164 valence electrons. The van der Waals surface area contributed by atoms with Crippen molar-refractivity contribution in [1.82, 2.24) is 15.3 Å². The summed E-state index contributed by atoms with van der Waals surface area (Å²) in [6, 6.07) is 5.24. The van der Waals surface area contributed by atoms with Crippen LogP contribution in [0.1, 0.15) is 16.1 Å². The third kappa shape index (κ3) is 5.55. The lowest BCUT2D eigenvalue weighted by molar-refractivity contribution is -0.139. The normalized spacial score (nSPS) is 12.5. The first-order valence-electron chi connectivity index (χ1n) is 8.80. The molecule has 1 aromatic carbocycles. The van der Waals surface area contributed by atoms with Crippen LogP contribution in [-0.2, 0) is 6.18 Å². The molecule has 3 rings (SSSR count). The molecule has 4 N–H and O–H groups in total. The fraction of sp³-hybridized carbons (Fsp3) is 0.211. The summed E-state index contributed by atoms with van der Waals surface area (Å²) in [7, 11) is 0. The van der Waals surface area contributed by atoms with E-state index in [0.717, 1.165) is 6.07 Å². The minimum absolute atomic E-state index is 0.0274. The minimum atomic E-state index is -4.80. The smallest absolute Gasteiger partial charge is 0.419 e. The van der Waals surface area contributed by atoms with Crippen LogP contribution in [0.3, 0.4) is 0 Å². The number of aliphatic hydroxyl groups is 2. The van der Waals surface area contributed by atoms with Crippen molar-refractivity contribution in [1.29, 1.82) is 0 Å². The molecular formula is C19H16F4N4O4. The summed E-state index contributed by atoms with van der Waals surface area (Å²) >= 11 is 0. The number of benzene rings is 1. The lowest BCUT2D eigenvalue weighted by Crippen LogP contribution is -2.34. The van der Waals surface area contributed by atoms with Gasteiger partial charge in [-0.05, 0) is 24.3 Å². The fourth-order valence-corrected chi connectivity index (χ4v) is 2.45. The van der Waals surface area contributed by atoms with Crippen molar-refractivity contribution in [3.63, 3.8) is 0 Å². The maximum absolute atomic E-state index is 13.7. The number of carbonyl (C=O) groups excluding carboxylic acids is 1. The number of aliphatic hydroxyl groups excluding tert-OH is 2. The number of rotatable bonds is 7. The zero-order chi connectivity index (χ0) is 22.6. The van der Waals surface area contributed by atoms with Crippen molar-refractivity contribution < 1.29 is 37.0 Å². The second kappa shape index (κ2) is 9.10. The summed E-state index contributed by atoms with van der Waals surface area (Å²) in [5.41, 5.74) is -0.862. The Morgan fingerprint density at radius 2 is 1.94 bits per heavy atom. The van der Waals surface area contributed by atoms with Crippen molar-refractivity contribution >= 4 is 17.6 Å². The van der Waals surface area contributed by atoms with E-state index in [4.69, 9.17) is 9.52 Å². The van der Waals surface area contributed by atoms with Crippen molar-refractivity contribution in [3.05, 3.63) is 59.8 Å². The van der Waals surface area contributed by atoms with Crippen LogP contribution in [0.4, 0.5) is 29.3 Å². The summed E-state index contributed by atoms with van der Waals surface area (Å²) in [5, 5.41) is 23.1. The predicted molar refractivity (Wildman–Crippen MR) is 99.8 cm³/mol. The van der Waals surface area contributed by atoms with Crippen LogP contribution < -0.4 is 10.6 Å². The number of nitrogens with one attached hydrogen (secondary N) is 2. The van der Waals surface area contributed by atoms with Gasteiger partial charge < -0.3 is 25.3 Å². The number of alkyl halides is 3. The largest absolute Gasteiger partial charge is 0.423 e. The molecule has 0 aliphatic carbocycles. The first-order valence-corrected chi connectivity index (χ1v) is 8.80. The highest BCUT2D eigenvalue weighted by molar-refractivity contribution is 5.92. The van der Waals surface area contributed by atoms with Gasteiger partial charge in [-0.1, -0.05) is 6.07 Å². The van der Waals surface area contributed by atoms with Crippen LogP contribution in [0.15, 0.2) is 47.1 Å². The highest BCUT2D eigenvalue weighted by atomic mass is 19.4. The fourth-order valence-electron chi connectivity index (χ4n) is 2.45. The van der Waals surface area contributed by atoms with Gasteiger partial charge in [0.25, 0.3) is 11.9 Å². The molecule has 2 heterocycles. The highest BCUT2D eigenvalue weighted by Crippen LogP contribution is 2.34. The van der Waals surface area contributed by atoms with Crippen LogP contribution in [0, 0.1) is 5.82 Å². The lowest BCUT2D eigenvalue weighted by Gasteiger charge is -2.09. The van der Waals surface area contributed by atoms with Crippen LogP contribution >= 0.6 is 0 Å². The first kappa shape index (κ1) is 22.2. The van der Waals surface area contributed by atoms with Gasteiger partial charge in [-0.25, -0.2) is 14.4 Å². The second-order valence-electron chi connectivity index (χ2n) is 6.33. The first-order chi connectivity index (χ1) is 14.7. The van der Waals surface area contributed by atoms with Gasteiger partial charge in [0, 0.05) is 12.1 Å². The van der Waals surface area contributed by atoms with Crippen molar-refractivity contribution in [2.75, 3.05) is 18.5 Å². The van der Waals surface area contributed by atoms with E-state index in [1.54, 1.807) is 0 Å². The van der Waals surface area contributed by atoms with E-state index in [9.17, 15) is 27.5 Å². The molecular weight excluding hydrogens is 424 g/mol. The molecule has 1 unspecified atom stereocenters. The number of hydrogen-bond acceptors (Lipinski definition) is 7. The van der Waals surface area contributed by atoms with E-state index >= 15 is 0 Å². The number of pyridine rings is 1. The lowest BCUT2D eigenvalue weighted by atomic mass is 10.1. The van der Waals surface area contributed by atoms with E-state index in [1.807, 2.05) is 0 Å². The SMILES string of the molecule is O=C(NCC(O)CO)c1ccc(Nc2ncc(-c3ccc(C(F)(F)F)c(F)c3)o2)cn1. The van der Waals surface area contributed by atoms with Gasteiger partial charge in [0.1, 0.15) is 11.5 Å². The van der Waals surface area contributed by atoms with Crippen molar-refractivity contribution in [3.8, 4) is 11.3 Å². The van der Waals surface area contributed by atoms with Gasteiger partial charge in [0.15, 0.2) is 5.76 Å². The van der Waals surface area contributed by atoms with Crippen LogP contribution in [0.25, 0.3) is 11.3 Å². The number of halogens is 4. The van der Waals surface area contributed by atoms with E-state index in [-0.39, 0.29) is 29.6 Å². The zero-order valence-corrected chi connectivity index (χ0v) is 15.7. The molecule has 0 saturated carbocycles. The van der Waals surface area contributed by atoms with Crippen LogP contribution in [0.2, 0.25) is 0 Å². The molecule has 8 nitrogen and oxygen atoms in total.